The van der Waals surface area contributed by atoms with Crippen molar-refractivity contribution in [2.24, 2.45) is 5.92 Å². The van der Waals surface area contributed by atoms with Crippen molar-refractivity contribution in [3.8, 4) is 5.75 Å². The van der Waals surface area contributed by atoms with Crippen molar-refractivity contribution in [1.82, 2.24) is 15.5 Å². The number of carbonyl (C=O) groups is 3. The highest BCUT2D eigenvalue weighted by atomic mass is 16.5. The van der Waals surface area contributed by atoms with E-state index in [-0.39, 0.29) is 37.1 Å². The van der Waals surface area contributed by atoms with E-state index in [2.05, 4.69) is 10.6 Å². The summed E-state index contributed by atoms with van der Waals surface area (Å²) < 4.78 is 11.3. The Morgan fingerprint density at radius 3 is 2.71 bits per heavy atom. The topological polar surface area (TPSA) is 138 Å². The van der Waals surface area contributed by atoms with Crippen LogP contribution in [0.4, 0.5) is 0 Å². The first kappa shape index (κ1) is 26.2. The Morgan fingerprint density at radius 1 is 1.08 bits per heavy atom. The number of hydrogen-bond acceptors (Lipinski definition) is 7. The number of amides is 3. The summed E-state index contributed by atoms with van der Waals surface area (Å²) in [6.07, 6.45) is 6.64. The van der Waals surface area contributed by atoms with E-state index in [1.165, 1.54) is 0 Å². The van der Waals surface area contributed by atoms with Gasteiger partial charge in [0.15, 0.2) is 6.61 Å². The lowest BCUT2D eigenvalue weighted by molar-refractivity contribution is -0.143. The van der Waals surface area contributed by atoms with Gasteiger partial charge < -0.3 is 29.8 Å². The van der Waals surface area contributed by atoms with Crippen LogP contribution in [-0.4, -0.2) is 66.1 Å². The molecule has 3 amide bonds. The molecule has 1 saturated heterocycles. The Morgan fingerprint density at radius 2 is 1.87 bits per heavy atom. The summed E-state index contributed by atoms with van der Waals surface area (Å²) in [6.45, 7) is 2.11. The van der Waals surface area contributed by atoms with Gasteiger partial charge in [0.25, 0.3) is 5.91 Å². The van der Waals surface area contributed by atoms with Crippen molar-refractivity contribution < 1.29 is 28.6 Å². The number of likely N-dealkylation sites (tertiary alicyclic amines) is 1. The molecule has 2 fully saturated rings. The van der Waals surface area contributed by atoms with Gasteiger partial charge in [-0.3, -0.25) is 14.4 Å². The first-order valence-electron chi connectivity index (χ1n) is 13.5. The molecule has 0 bridgehead atoms. The zero-order valence-electron chi connectivity index (χ0n) is 21.8. The van der Waals surface area contributed by atoms with Gasteiger partial charge in [0.2, 0.25) is 11.8 Å². The number of piperidine rings is 1. The lowest BCUT2D eigenvalue weighted by Crippen LogP contribution is -2.56. The summed E-state index contributed by atoms with van der Waals surface area (Å²) in [5.41, 5.74) is 1.87. The molecule has 10 nitrogen and oxygen atoms in total. The summed E-state index contributed by atoms with van der Waals surface area (Å²) in [7, 11) is 0. The van der Waals surface area contributed by atoms with E-state index in [4.69, 9.17) is 9.15 Å². The Balaban J connectivity index is 1.09. The summed E-state index contributed by atoms with van der Waals surface area (Å²) in [4.78, 5) is 51.2. The lowest BCUT2D eigenvalue weighted by Gasteiger charge is -2.47. The van der Waals surface area contributed by atoms with Gasteiger partial charge in [0, 0.05) is 24.6 Å². The molecule has 5 rings (SSSR count). The standard InChI is InChI=1S/C28H35N3O7/c1-17-11-21(26-19-6-4-7-20(19)27(35)38-22(26)12-17)37-16-24(33)29-13-23(32)30-14-25(34)31-10-9-28(36)8-3-2-5-18(28)15-31/h11-12,18,36H,2-10,13-16H2,1H3,(H,29,33)(H,30,32)/t18-,28+/m0/s1. The summed E-state index contributed by atoms with van der Waals surface area (Å²) in [5, 5.41) is 16.6. The average Bonchev–Trinajstić information content (AvgIpc) is 3.39. The molecule has 2 aromatic rings. The highest BCUT2D eigenvalue weighted by Gasteiger charge is 2.43. The molecule has 3 N–H and O–H groups in total. The first-order valence-corrected chi connectivity index (χ1v) is 13.5. The maximum Gasteiger partial charge on any atom is 0.339 e. The molecule has 2 atom stereocenters. The Labute approximate surface area is 220 Å². The second-order valence-corrected chi connectivity index (χ2v) is 10.8. The fraction of sp³-hybridized carbons (Fsp3) is 0.571. The molecule has 1 aliphatic heterocycles. The summed E-state index contributed by atoms with van der Waals surface area (Å²) >= 11 is 0. The van der Waals surface area contributed by atoms with E-state index < -0.39 is 17.4 Å². The van der Waals surface area contributed by atoms with Gasteiger partial charge >= 0.3 is 5.63 Å². The number of carbonyl (C=O) groups excluding carboxylic acids is 3. The first-order chi connectivity index (χ1) is 18.2. The van der Waals surface area contributed by atoms with Crippen LogP contribution in [0.5, 0.6) is 5.75 Å². The number of aryl methyl sites for hydroxylation is 2. The number of ether oxygens (including phenoxy) is 1. The van der Waals surface area contributed by atoms with Crippen molar-refractivity contribution in [3.63, 3.8) is 0 Å². The Hall–Kier alpha value is -3.40. The largest absolute Gasteiger partial charge is 0.483 e. The average molecular weight is 526 g/mol. The van der Waals surface area contributed by atoms with Gasteiger partial charge in [-0.05, 0) is 68.7 Å². The molecular weight excluding hydrogens is 490 g/mol. The van der Waals surface area contributed by atoms with Crippen LogP contribution in [0.1, 0.15) is 55.2 Å². The van der Waals surface area contributed by atoms with Crippen LogP contribution in [0.3, 0.4) is 0 Å². The smallest absolute Gasteiger partial charge is 0.339 e. The maximum absolute atomic E-state index is 12.6. The molecular formula is C28H35N3O7. The molecule has 1 saturated carbocycles. The van der Waals surface area contributed by atoms with E-state index in [9.17, 15) is 24.3 Å². The maximum atomic E-state index is 12.6. The van der Waals surface area contributed by atoms with Crippen molar-refractivity contribution in [1.29, 1.82) is 0 Å². The minimum atomic E-state index is -0.664. The molecule has 0 radical (unpaired) electrons. The van der Waals surface area contributed by atoms with Crippen LogP contribution in [0, 0.1) is 12.8 Å². The quantitative estimate of drug-likeness (QED) is 0.464. The molecule has 10 heteroatoms. The van der Waals surface area contributed by atoms with Gasteiger partial charge in [-0.1, -0.05) is 12.8 Å². The molecule has 0 unspecified atom stereocenters. The third kappa shape index (κ3) is 5.41. The number of nitrogens with zero attached hydrogens (tertiary/aromatic N) is 1. The lowest BCUT2D eigenvalue weighted by atomic mass is 9.71. The molecule has 1 aromatic carbocycles. The molecule has 3 aliphatic rings. The minimum absolute atomic E-state index is 0.0894. The SMILES string of the molecule is Cc1cc(OCC(=O)NCC(=O)NCC(=O)N2CC[C@]3(O)CCCC[C@H]3C2)c2c3c(c(=O)oc2c1)CCC3. The number of hydrogen-bond donors (Lipinski definition) is 3. The third-order valence-electron chi connectivity index (χ3n) is 8.20. The van der Waals surface area contributed by atoms with Gasteiger partial charge in [0.05, 0.1) is 24.1 Å². The highest BCUT2D eigenvalue weighted by molar-refractivity contribution is 5.90. The number of nitrogens with one attached hydrogen (secondary N) is 2. The fourth-order valence-corrected chi connectivity index (χ4v) is 6.14. The highest BCUT2D eigenvalue weighted by Crippen LogP contribution is 2.39. The van der Waals surface area contributed by atoms with Crippen LogP contribution >= 0.6 is 0 Å². The van der Waals surface area contributed by atoms with E-state index in [0.29, 0.717) is 42.8 Å². The van der Waals surface area contributed by atoms with E-state index >= 15 is 0 Å². The fourth-order valence-electron chi connectivity index (χ4n) is 6.14. The number of fused-ring (bicyclic) bond motifs is 4. The predicted octanol–water partition coefficient (Wildman–Crippen LogP) is 1.35. The minimum Gasteiger partial charge on any atom is -0.483 e. The van der Waals surface area contributed by atoms with Gasteiger partial charge in [-0.15, -0.1) is 0 Å². The number of aliphatic hydroxyl groups is 1. The van der Waals surface area contributed by atoms with E-state index in [1.54, 1.807) is 17.0 Å². The summed E-state index contributed by atoms with van der Waals surface area (Å²) in [5.74, 6) is -0.586. The predicted molar refractivity (Wildman–Crippen MR) is 139 cm³/mol. The second-order valence-electron chi connectivity index (χ2n) is 10.8. The van der Waals surface area contributed by atoms with Gasteiger partial charge in [-0.2, -0.15) is 0 Å². The van der Waals surface area contributed by atoms with Crippen molar-refractivity contribution in [2.75, 3.05) is 32.8 Å². The van der Waals surface area contributed by atoms with E-state index in [0.717, 1.165) is 55.0 Å². The van der Waals surface area contributed by atoms with Crippen LogP contribution in [0.25, 0.3) is 11.0 Å². The Kier molecular flexibility index (Phi) is 7.43. The molecule has 2 heterocycles. The van der Waals surface area contributed by atoms with Crippen molar-refractivity contribution in [3.05, 3.63) is 39.2 Å². The monoisotopic (exact) mass is 525 g/mol. The van der Waals surface area contributed by atoms with Crippen molar-refractivity contribution >= 4 is 28.7 Å². The van der Waals surface area contributed by atoms with Crippen molar-refractivity contribution in [2.45, 2.75) is 63.9 Å². The number of benzene rings is 1. The molecule has 38 heavy (non-hydrogen) atoms. The van der Waals surface area contributed by atoms with Crippen LogP contribution in [0.2, 0.25) is 0 Å². The molecule has 2 aliphatic carbocycles. The van der Waals surface area contributed by atoms with Gasteiger partial charge in [-0.25, -0.2) is 4.79 Å². The van der Waals surface area contributed by atoms with Crippen LogP contribution in [-0.2, 0) is 27.2 Å². The number of rotatable bonds is 7. The zero-order valence-corrected chi connectivity index (χ0v) is 21.8. The normalized spacial score (nSPS) is 22.5. The third-order valence-corrected chi connectivity index (χ3v) is 8.20. The van der Waals surface area contributed by atoms with E-state index in [1.807, 2.05) is 6.92 Å². The zero-order chi connectivity index (χ0) is 26.9. The summed E-state index contributed by atoms with van der Waals surface area (Å²) in [6, 6.07) is 3.59. The van der Waals surface area contributed by atoms with Crippen LogP contribution in [0.15, 0.2) is 21.3 Å². The van der Waals surface area contributed by atoms with Crippen LogP contribution < -0.4 is 21.0 Å². The second kappa shape index (κ2) is 10.8. The van der Waals surface area contributed by atoms with Gasteiger partial charge in [0.1, 0.15) is 11.3 Å². The molecule has 1 aromatic heterocycles. The molecule has 0 spiro atoms. The molecule has 204 valence electrons. The Bertz CT molecular complexity index is 1320.